The number of nitro groups is 1. The smallest absolute Gasteiger partial charge is 0.344 e. The molecule has 0 bridgehead atoms. The number of anilines is 1. The molecule has 0 saturated heterocycles. The second-order valence-corrected chi connectivity index (χ2v) is 7.37. The second kappa shape index (κ2) is 9.55. The fraction of sp³-hybridized carbons (Fsp3) is 0.333. The van der Waals surface area contributed by atoms with E-state index >= 15 is 0 Å². The van der Waals surface area contributed by atoms with Crippen molar-refractivity contribution < 1.29 is 22.4 Å². The highest BCUT2D eigenvalue weighted by Gasteiger charge is 2.28. The van der Waals surface area contributed by atoms with Gasteiger partial charge in [-0.15, -0.1) is 0 Å². The topological polar surface area (TPSA) is 206 Å². The maximum atomic E-state index is 12.3. The van der Waals surface area contributed by atoms with Crippen molar-refractivity contribution in [2.75, 3.05) is 12.3 Å². The molecule has 0 fully saturated rings. The Balaban J connectivity index is 3.06. The monoisotopic (exact) mass is 442 g/mol. The predicted octanol–water partition coefficient (Wildman–Crippen LogP) is 0.0110. The van der Waals surface area contributed by atoms with E-state index in [0.29, 0.717) is 0 Å². The highest BCUT2D eigenvalue weighted by Crippen LogP contribution is 2.31. The van der Waals surface area contributed by atoms with E-state index in [1.807, 2.05) is 0 Å². The lowest BCUT2D eigenvalue weighted by molar-refractivity contribution is -0.485. The predicted molar refractivity (Wildman–Crippen MR) is 98.0 cm³/mol. The van der Waals surface area contributed by atoms with Gasteiger partial charge in [0.05, 0.1) is 15.7 Å². The SMILES string of the molecule is NCCC[C@H](NC(N)=N[N+](=O)[O-])C(=O)OS(=O)(=O)c1cc(Cl)c(N)c(Cl)c1. The molecular weight excluding hydrogens is 427 g/mol. The van der Waals surface area contributed by atoms with Crippen LogP contribution in [0.15, 0.2) is 22.1 Å². The maximum Gasteiger partial charge on any atom is 0.344 e. The molecule has 0 unspecified atom stereocenters. The van der Waals surface area contributed by atoms with Crippen LogP contribution in [0.5, 0.6) is 0 Å². The standard InChI is InChI=1S/C12H16Cl2N6O6S/c13-7-4-6(5-8(14)10(7)16)27(24,25)26-11(21)9(2-1-3-15)18-12(17)19-20(22)23/h4-5,9H,1-3,15-16H2,(H3,17,18,19)/t9-/m0/s1. The van der Waals surface area contributed by atoms with Crippen LogP contribution in [0.1, 0.15) is 12.8 Å². The zero-order chi connectivity index (χ0) is 20.8. The number of nitrogens with one attached hydrogen (secondary N) is 1. The zero-order valence-electron chi connectivity index (χ0n) is 13.6. The van der Waals surface area contributed by atoms with Crippen LogP contribution in [-0.2, 0) is 19.1 Å². The number of carbonyl (C=O) groups is 1. The Bertz CT molecular complexity index is 839. The maximum absolute atomic E-state index is 12.3. The number of nitrogens with zero attached hydrogens (tertiary/aromatic N) is 2. The van der Waals surface area contributed by atoms with E-state index in [9.17, 15) is 23.3 Å². The molecule has 1 aromatic carbocycles. The largest absolute Gasteiger partial charge is 0.396 e. The Morgan fingerprint density at radius 3 is 2.41 bits per heavy atom. The van der Waals surface area contributed by atoms with Gasteiger partial charge in [0, 0.05) is 0 Å². The zero-order valence-corrected chi connectivity index (χ0v) is 15.9. The van der Waals surface area contributed by atoms with Gasteiger partial charge in [0.1, 0.15) is 16.0 Å². The van der Waals surface area contributed by atoms with E-state index in [0.717, 1.165) is 12.1 Å². The first-order chi connectivity index (χ1) is 12.5. The van der Waals surface area contributed by atoms with Crippen molar-refractivity contribution in [3.63, 3.8) is 0 Å². The first-order valence-corrected chi connectivity index (χ1v) is 9.32. The van der Waals surface area contributed by atoms with Crippen LogP contribution in [0.2, 0.25) is 10.0 Å². The van der Waals surface area contributed by atoms with Gasteiger partial charge in [0.25, 0.3) is 5.96 Å². The summed E-state index contributed by atoms with van der Waals surface area (Å²) in [6.07, 6.45) is 0.236. The van der Waals surface area contributed by atoms with Gasteiger partial charge < -0.3 is 26.7 Å². The first-order valence-electron chi connectivity index (χ1n) is 7.15. The molecule has 0 aliphatic carbocycles. The highest BCUT2D eigenvalue weighted by atomic mass is 35.5. The number of carbonyl (C=O) groups excluding carboxylic acids is 1. The van der Waals surface area contributed by atoms with E-state index < -0.39 is 38.0 Å². The summed E-state index contributed by atoms with van der Waals surface area (Å²) in [7, 11) is -4.61. The minimum absolute atomic E-state index is 0.0258. The molecule has 150 valence electrons. The number of hydrazone groups is 1. The number of guanidine groups is 1. The summed E-state index contributed by atoms with van der Waals surface area (Å²) in [6.45, 7) is 0.160. The molecule has 15 heteroatoms. The summed E-state index contributed by atoms with van der Waals surface area (Å²) in [4.78, 5) is 22.0. The molecule has 0 saturated carbocycles. The number of hydrogen-bond donors (Lipinski definition) is 4. The number of nitrogen functional groups attached to an aromatic ring is 1. The van der Waals surface area contributed by atoms with Crippen LogP contribution >= 0.6 is 23.2 Å². The lowest BCUT2D eigenvalue weighted by atomic mass is 10.1. The summed E-state index contributed by atoms with van der Waals surface area (Å²) in [6, 6.07) is 0.554. The van der Waals surface area contributed by atoms with Gasteiger partial charge in [-0.1, -0.05) is 23.2 Å². The van der Waals surface area contributed by atoms with Crippen LogP contribution < -0.4 is 22.5 Å². The number of halogens is 2. The van der Waals surface area contributed by atoms with Crippen molar-refractivity contribution in [2.45, 2.75) is 23.8 Å². The molecule has 0 aliphatic rings. The molecule has 0 spiro atoms. The lowest BCUT2D eigenvalue weighted by Gasteiger charge is -2.16. The first kappa shape index (κ1) is 22.7. The molecule has 0 heterocycles. The molecule has 7 N–H and O–H groups in total. The van der Waals surface area contributed by atoms with E-state index in [4.69, 9.17) is 40.4 Å². The van der Waals surface area contributed by atoms with Crippen molar-refractivity contribution in [1.29, 1.82) is 0 Å². The van der Waals surface area contributed by atoms with Crippen molar-refractivity contribution in [1.82, 2.24) is 5.32 Å². The Kier molecular flexibility index (Phi) is 8.02. The second-order valence-electron chi connectivity index (χ2n) is 5.01. The van der Waals surface area contributed by atoms with Crippen LogP contribution in [0.4, 0.5) is 5.69 Å². The summed E-state index contributed by atoms with van der Waals surface area (Å²) >= 11 is 11.5. The van der Waals surface area contributed by atoms with Crippen molar-refractivity contribution >= 4 is 50.9 Å². The number of benzene rings is 1. The number of rotatable bonds is 8. The van der Waals surface area contributed by atoms with Gasteiger partial charge in [-0.25, -0.2) is 14.9 Å². The molecule has 1 aromatic rings. The quantitative estimate of drug-likeness (QED) is 0.106. The third kappa shape index (κ3) is 6.71. The fourth-order valence-corrected chi connectivity index (χ4v) is 3.36. The van der Waals surface area contributed by atoms with E-state index in [1.54, 1.807) is 0 Å². The van der Waals surface area contributed by atoms with Crippen LogP contribution in [0.3, 0.4) is 0 Å². The molecule has 0 amide bonds. The van der Waals surface area contributed by atoms with Crippen molar-refractivity contribution in [3.8, 4) is 0 Å². The Morgan fingerprint density at radius 1 is 1.37 bits per heavy atom. The highest BCUT2D eigenvalue weighted by molar-refractivity contribution is 7.87. The Hall–Kier alpha value is -2.35. The minimum atomic E-state index is -4.61. The van der Waals surface area contributed by atoms with Gasteiger partial charge in [-0.3, -0.25) is 0 Å². The summed E-state index contributed by atoms with van der Waals surface area (Å²) < 4.78 is 29.1. The summed E-state index contributed by atoms with van der Waals surface area (Å²) in [5.74, 6) is -2.00. The number of nitrogens with two attached hydrogens (primary N) is 3. The normalized spacial score (nSPS) is 13.1. The molecule has 1 atom stereocenters. The van der Waals surface area contributed by atoms with Crippen LogP contribution in [0.25, 0.3) is 0 Å². The average molecular weight is 443 g/mol. The fourth-order valence-electron chi connectivity index (χ4n) is 1.79. The third-order valence-electron chi connectivity index (χ3n) is 3.03. The average Bonchev–Trinajstić information content (AvgIpc) is 2.54. The molecule has 1 rings (SSSR count). The molecule has 0 radical (unpaired) electrons. The minimum Gasteiger partial charge on any atom is -0.396 e. The van der Waals surface area contributed by atoms with Gasteiger partial charge in [0.2, 0.25) is 0 Å². The Labute approximate surface area is 163 Å². The van der Waals surface area contributed by atoms with E-state index in [1.165, 1.54) is 0 Å². The van der Waals surface area contributed by atoms with Gasteiger partial charge >= 0.3 is 16.1 Å². The number of hydrogen-bond acceptors (Lipinski definition) is 8. The van der Waals surface area contributed by atoms with Gasteiger partial charge in [-0.2, -0.15) is 8.42 Å². The molecule has 0 aliphatic heterocycles. The molecule has 0 aromatic heterocycles. The Morgan fingerprint density at radius 2 is 1.93 bits per heavy atom. The molecule has 27 heavy (non-hydrogen) atoms. The van der Waals surface area contributed by atoms with Crippen LogP contribution in [-0.4, -0.2) is 38.0 Å². The van der Waals surface area contributed by atoms with Crippen molar-refractivity contribution in [3.05, 3.63) is 32.3 Å². The van der Waals surface area contributed by atoms with Gasteiger partial charge in [-0.05, 0) is 31.5 Å². The van der Waals surface area contributed by atoms with Crippen molar-refractivity contribution in [2.24, 2.45) is 16.6 Å². The summed E-state index contributed by atoms with van der Waals surface area (Å²) in [5, 5.41) is 13.9. The molecular formula is C12H16Cl2N6O6S. The molecule has 12 nitrogen and oxygen atoms in total. The van der Waals surface area contributed by atoms with E-state index in [2.05, 4.69) is 14.6 Å². The lowest BCUT2D eigenvalue weighted by Crippen LogP contribution is -2.46. The van der Waals surface area contributed by atoms with Crippen LogP contribution in [0, 0.1) is 10.1 Å². The summed E-state index contributed by atoms with van der Waals surface area (Å²) in [5.41, 5.74) is 16.1. The third-order valence-corrected chi connectivity index (χ3v) is 4.85. The van der Waals surface area contributed by atoms with Gasteiger partial charge in [0.15, 0.2) is 5.03 Å². The van der Waals surface area contributed by atoms with E-state index in [-0.39, 0.29) is 35.1 Å².